The molecule has 0 aliphatic rings. The molecular weight excluding hydrogens is 204 g/mol. The Labute approximate surface area is 87.3 Å². The molecular formula is C10H11ClO3. The van der Waals surface area contributed by atoms with Gasteiger partial charge in [-0.2, -0.15) is 0 Å². The number of benzene rings is 1. The summed E-state index contributed by atoms with van der Waals surface area (Å²) in [5.41, 5.74) is 1.53. The molecule has 0 aliphatic heterocycles. The first-order chi connectivity index (χ1) is 6.54. The van der Waals surface area contributed by atoms with Gasteiger partial charge in [-0.1, -0.05) is 17.7 Å². The Kier molecular flexibility index (Phi) is 3.36. The molecule has 0 spiro atoms. The van der Waals surface area contributed by atoms with Crippen LogP contribution in [-0.2, 0) is 11.2 Å². The quantitative estimate of drug-likeness (QED) is 0.840. The van der Waals surface area contributed by atoms with Gasteiger partial charge in [0.1, 0.15) is 5.75 Å². The van der Waals surface area contributed by atoms with E-state index in [-0.39, 0.29) is 6.42 Å². The lowest BCUT2D eigenvalue weighted by atomic mass is 10.1. The molecule has 0 saturated carbocycles. The number of aliphatic carboxylic acids is 1. The van der Waals surface area contributed by atoms with Gasteiger partial charge < -0.3 is 9.84 Å². The molecule has 14 heavy (non-hydrogen) atoms. The molecule has 0 fully saturated rings. The lowest BCUT2D eigenvalue weighted by molar-refractivity contribution is -0.136. The van der Waals surface area contributed by atoms with Crippen LogP contribution < -0.4 is 4.74 Å². The SMILES string of the molecule is COc1c(Cl)cc(C)cc1CC(=O)O. The van der Waals surface area contributed by atoms with E-state index < -0.39 is 5.97 Å². The Bertz CT molecular complexity index is 361. The smallest absolute Gasteiger partial charge is 0.307 e. The molecule has 0 aliphatic carbocycles. The van der Waals surface area contributed by atoms with Gasteiger partial charge in [-0.05, 0) is 18.6 Å². The van der Waals surface area contributed by atoms with Crippen LogP contribution in [0.15, 0.2) is 12.1 Å². The van der Waals surface area contributed by atoms with Gasteiger partial charge in [0, 0.05) is 5.56 Å². The zero-order valence-electron chi connectivity index (χ0n) is 8.00. The Hall–Kier alpha value is -1.22. The van der Waals surface area contributed by atoms with Gasteiger partial charge in [-0.15, -0.1) is 0 Å². The van der Waals surface area contributed by atoms with Crippen molar-refractivity contribution >= 4 is 17.6 Å². The number of aryl methyl sites for hydroxylation is 1. The molecule has 0 heterocycles. The van der Waals surface area contributed by atoms with Gasteiger partial charge in [0.05, 0.1) is 18.6 Å². The van der Waals surface area contributed by atoms with Gasteiger partial charge in [0.25, 0.3) is 0 Å². The van der Waals surface area contributed by atoms with Crippen LogP contribution in [-0.4, -0.2) is 18.2 Å². The highest BCUT2D eigenvalue weighted by molar-refractivity contribution is 6.32. The first-order valence-corrected chi connectivity index (χ1v) is 4.47. The molecule has 1 rings (SSSR count). The van der Waals surface area contributed by atoms with E-state index in [9.17, 15) is 4.79 Å². The molecule has 0 atom stereocenters. The predicted octanol–water partition coefficient (Wildman–Crippen LogP) is 2.28. The molecule has 1 N–H and O–H groups in total. The number of carbonyl (C=O) groups is 1. The van der Waals surface area contributed by atoms with Crippen LogP contribution in [0.2, 0.25) is 5.02 Å². The van der Waals surface area contributed by atoms with Crippen LogP contribution in [0, 0.1) is 6.92 Å². The first-order valence-electron chi connectivity index (χ1n) is 4.09. The molecule has 0 unspecified atom stereocenters. The molecule has 4 heteroatoms. The minimum atomic E-state index is -0.898. The lowest BCUT2D eigenvalue weighted by Crippen LogP contribution is -2.03. The first kappa shape index (κ1) is 10.9. The number of carboxylic acid groups (broad SMARTS) is 1. The van der Waals surface area contributed by atoms with Crippen molar-refractivity contribution in [3.05, 3.63) is 28.3 Å². The molecule has 0 amide bonds. The average Bonchev–Trinajstić information content (AvgIpc) is 2.01. The van der Waals surface area contributed by atoms with Crippen molar-refractivity contribution in [1.29, 1.82) is 0 Å². The van der Waals surface area contributed by atoms with E-state index in [2.05, 4.69) is 0 Å². The van der Waals surface area contributed by atoms with Gasteiger partial charge in [-0.25, -0.2) is 0 Å². The van der Waals surface area contributed by atoms with Gasteiger partial charge in [0.2, 0.25) is 0 Å². The fraction of sp³-hybridized carbons (Fsp3) is 0.300. The third kappa shape index (κ3) is 2.39. The van der Waals surface area contributed by atoms with Gasteiger partial charge in [0.15, 0.2) is 0 Å². The Morgan fingerprint density at radius 2 is 2.21 bits per heavy atom. The Morgan fingerprint density at radius 1 is 1.57 bits per heavy atom. The van der Waals surface area contributed by atoms with Crippen LogP contribution in [0.25, 0.3) is 0 Å². The molecule has 3 nitrogen and oxygen atoms in total. The van der Waals surface area contributed by atoms with Crippen LogP contribution in [0.3, 0.4) is 0 Å². The van der Waals surface area contributed by atoms with Crippen LogP contribution in [0.5, 0.6) is 5.75 Å². The summed E-state index contributed by atoms with van der Waals surface area (Å²) in [5.74, 6) is -0.454. The number of methoxy groups -OCH3 is 1. The monoisotopic (exact) mass is 214 g/mol. The van der Waals surface area contributed by atoms with E-state index in [1.54, 1.807) is 12.1 Å². The zero-order valence-corrected chi connectivity index (χ0v) is 8.76. The highest BCUT2D eigenvalue weighted by atomic mass is 35.5. The van der Waals surface area contributed by atoms with E-state index in [0.29, 0.717) is 16.3 Å². The normalized spacial score (nSPS) is 9.93. The number of halogens is 1. The van der Waals surface area contributed by atoms with Crippen molar-refractivity contribution in [1.82, 2.24) is 0 Å². The molecule has 0 aromatic heterocycles. The van der Waals surface area contributed by atoms with Crippen molar-refractivity contribution < 1.29 is 14.6 Å². The minimum Gasteiger partial charge on any atom is -0.495 e. The second-order valence-electron chi connectivity index (χ2n) is 3.01. The molecule has 76 valence electrons. The molecule has 0 bridgehead atoms. The fourth-order valence-electron chi connectivity index (χ4n) is 1.32. The van der Waals surface area contributed by atoms with E-state index >= 15 is 0 Å². The van der Waals surface area contributed by atoms with Gasteiger partial charge >= 0.3 is 5.97 Å². The van der Waals surface area contributed by atoms with E-state index in [4.69, 9.17) is 21.4 Å². The summed E-state index contributed by atoms with van der Waals surface area (Å²) in [7, 11) is 1.47. The third-order valence-corrected chi connectivity index (χ3v) is 2.09. The van der Waals surface area contributed by atoms with E-state index in [1.165, 1.54) is 7.11 Å². The fourth-order valence-corrected chi connectivity index (χ4v) is 1.69. The number of hydrogen-bond acceptors (Lipinski definition) is 2. The lowest BCUT2D eigenvalue weighted by Gasteiger charge is -2.09. The topological polar surface area (TPSA) is 46.5 Å². The summed E-state index contributed by atoms with van der Waals surface area (Å²) in [5, 5.41) is 9.12. The van der Waals surface area contributed by atoms with E-state index in [1.807, 2.05) is 6.92 Å². The molecule has 1 aromatic carbocycles. The summed E-state index contributed by atoms with van der Waals surface area (Å²) in [6.07, 6.45) is -0.0788. The second kappa shape index (κ2) is 4.33. The summed E-state index contributed by atoms with van der Waals surface area (Å²) in [6, 6.07) is 3.50. The van der Waals surface area contributed by atoms with Crippen molar-refractivity contribution in [3.63, 3.8) is 0 Å². The summed E-state index contributed by atoms with van der Waals surface area (Å²) in [4.78, 5) is 10.6. The number of ether oxygens (including phenoxy) is 1. The number of carboxylic acids is 1. The average molecular weight is 215 g/mol. The minimum absolute atomic E-state index is 0.0788. The summed E-state index contributed by atoms with van der Waals surface area (Å²) < 4.78 is 5.04. The van der Waals surface area contributed by atoms with Crippen molar-refractivity contribution in [2.45, 2.75) is 13.3 Å². The Morgan fingerprint density at radius 3 is 2.71 bits per heavy atom. The molecule has 0 radical (unpaired) electrons. The molecule has 0 saturated heterocycles. The maximum absolute atomic E-state index is 10.6. The number of hydrogen-bond donors (Lipinski definition) is 1. The summed E-state index contributed by atoms with van der Waals surface area (Å²) >= 11 is 5.90. The largest absolute Gasteiger partial charge is 0.495 e. The maximum Gasteiger partial charge on any atom is 0.307 e. The predicted molar refractivity (Wildman–Crippen MR) is 54.1 cm³/mol. The van der Waals surface area contributed by atoms with Crippen molar-refractivity contribution in [2.24, 2.45) is 0 Å². The van der Waals surface area contributed by atoms with Crippen LogP contribution in [0.1, 0.15) is 11.1 Å². The highest BCUT2D eigenvalue weighted by Gasteiger charge is 2.11. The van der Waals surface area contributed by atoms with Gasteiger partial charge in [-0.3, -0.25) is 4.79 Å². The zero-order chi connectivity index (χ0) is 10.7. The highest BCUT2D eigenvalue weighted by Crippen LogP contribution is 2.30. The summed E-state index contributed by atoms with van der Waals surface area (Å²) in [6.45, 7) is 1.86. The third-order valence-electron chi connectivity index (χ3n) is 1.81. The van der Waals surface area contributed by atoms with Crippen molar-refractivity contribution in [3.8, 4) is 5.75 Å². The number of rotatable bonds is 3. The van der Waals surface area contributed by atoms with Crippen LogP contribution >= 0.6 is 11.6 Å². The van der Waals surface area contributed by atoms with E-state index in [0.717, 1.165) is 5.56 Å². The maximum atomic E-state index is 10.6. The Balaban J connectivity index is 3.17. The van der Waals surface area contributed by atoms with Crippen LogP contribution in [0.4, 0.5) is 0 Å². The standard InChI is InChI=1S/C10H11ClO3/c1-6-3-7(5-9(12)13)10(14-2)8(11)4-6/h3-4H,5H2,1-2H3,(H,12,13). The van der Waals surface area contributed by atoms with Crippen molar-refractivity contribution in [2.75, 3.05) is 7.11 Å². The second-order valence-corrected chi connectivity index (χ2v) is 3.42. The molecule has 1 aromatic rings.